The molecule has 1 fully saturated rings. The van der Waals surface area contributed by atoms with Gasteiger partial charge < -0.3 is 10.6 Å². The van der Waals surface area contributed by atoms with Crippen molar-refractivity contribution in [2.24, 2.45) is 5.92 Å². The maximum absolute atomic E-state index is 13.4. The topological polar surface area (TPSA) is 84.3 Å². The average molecular weight is 281 g/mol. The number of hydrogen-bond acceptors (Lipinski definition) is 4. The summed E-state index contributed by atoms with van der Waals surface area (Å²) in [7, 11) is 0. The van der Waals surface area contributed by atoms with Crippen LogP contribution in [0.25, 0.3) is 0 Å². The SMILES string of the molecule is CC1CCNC(C(=O)Nc2ccc([N+](=O)[O-])c(F)c2)C1. The van der Waals surface area contributed by atoms with Crippen LogP contribution in [0.4, 0.5) is 15.8 Å². The van der Waals surface area contributed by atoms with Gasteiger partial charge in [0.1, 0.15) is 0 Å². The molecule has 0 spiro atoms. The number of amides is 1. The van der Waals surface area contributed by atoms with Gasteiger partial charge in [-0.2, -0.15) is 4.39 Å². The molecule has 6 nitrogen and oxygen atoms in total. The van der Waals surface area contributed by atoms with Gasteiger partial charge in [-0.25, -0.2) is 0 Å². The molecule has 7 heteroatoms. The molecule has 1 aromatic carbocycles. The van der Waals surface area contributed by atoms with Crippen molar-refractivity contribution in [1.29, 1.82) is 0 Å². The van der Waals surface area contributed by atoms with Crippen LogP contribution in [0.1, 0.15) is 19.8 Å². The second-order valence-corrected chi connectivity index (χ2v) is 5.05. The number of rotatable bonds is 3. The zero-order chi connectivity index (χ0) is 14.7. The smallest absolute Gasteiger partial charge is 0.304 e. The standard InChI is InChI=1S/C13H16FN3O3/c1-8-4-5-15-11(6-8)13(18)16-9-2-3-12(17(19)20)10(14)7-9/h2-3,7-8,11,15H,4-6H2,1H3,(H,16,18). The fourth-order valence-corrected chi connectivity index (χ4v) is 2.27. The van der Waals surface area contributed by atoms with Gasteiger partial charge >= 0.3 is 5.69 Å². The minimum Gasteiger partial charge on any atom is -0.325 e. The zero-order valence-corrected chi connectivity index (χ0v) is 11.1. The van der Waals surface area contributed by atoms with Gasteiger partial charge in [0, 0.05) is 17.8 Å². The van der Waals surface area contributed by atoms with Gasteiger partial charge in [-0.3, -0.25) is 14.9 Å². The molecule has 2 N–H and O–H groups in total. The third kappa shape index (κ3) is 3.30. The highest BCUT2D eigenvalue weighted by atomic mass is 19.1. The van der Waals surface area contributed by atoms with Gasteiger partial charge in [0.2, 0.25) is 11.7 Å². The third-order valence-corrected chi connectivity index (χ3v) is 3.39. The Balaban J connectivity index is 2.04. The van der Waals surface area contributed by atoms with E-state index in [0.29, 0.717) is 5.92 Å². The molecule has 1 aliphatic heterocycles. The molecule has 1 saturated heterocycles. The van der Waals surface area contributed by atoms with Crippen LogP contribution in [-0.4, -0.2) is 23.4 Å². The highest BCUT2D eigenvalue weighted by Gasteiger charge is 2.25. The average Bonchev–Trinajstić information content (AvgIpc) is 2.38. The van der Waals surface area contributed by atoms with Crippen LogP contribution in [0.5, 0.6) is 0 Å². The minimum atomic E-state index is -0.960. The molecule has 0 bridgehead atoms. The minimum absolute atomic E-state index is 0.220. The molecule has 108 valence electrons. The third-order valence-electron chi connectivity index (χ3n) is 3.39. The number of nitro groups is 1. The van der Waals surface area contributed by atoms with Crippen LogP contribution in [0, 0.1) is 21.8 Å². The van der Waals surface area contributed by atoms with Crippen molar-refractivity contribution in [3.63, 3.8) is 0 Å². The molecule has 2 unspecified atom stereocenters. The maximum Gasteiger partial charge on any atom is 0.304 e. The van der Waals surface area contributed by atoms with E-state index in [1.54, 1.807) is 0 Å². The van der Waals surface area contributed by atoms with Gasteiger partial charge in [0.05, 0.1) is 11.0 Å². The Morgan fingerprint density at radius 3 is 2.90 bits per heavy atom. The maximum atomic E-state index is 13.4. The van der Waals surface area contributed by atoms with Crippen LogP contribution in [0.3, 0.4) is 0 Å². The fourth-order valence-electron chi connectivity index (χ4n) is 2.27. The molecule has 1 amide bonds. The number of piperidine rings is 1. The van der Waals surface area contributed by atoms with E-state index in [2.05, 4.69) is 17.6 Å². The summed E-state index contributed by atoms with van der Waals surface area (Å²) in [5, 5.41) is 16.2. The molecule has 0 radical (unpaired) electrons. The quantitative estimate of drug-likeness (QED) is 0.656. The summed E-state index contributed by atoms with van der Waals surface area (Å²) < 4.78 is 13.4. The summed E-state index contributed by atoms with van der Waals surface area (Å²) in [4.78, 5) is 21.7. The first kappa shape index (κ1) is 14.4. The monoisotopic (exact) mass is 281 g/mol. The normalized spacial score (nSPS) is 22.3. The lowest BCUT2D eigenvalue weighted by atomic mass is 9.94. The predicted octanol–water partition coefficient (Wildman–Crippen LogP) is 2.06. The number of carbonyl (C=O) groups excluding carboxylic acids is 1. The van der Waals surface area contributed by atoms with Crippen molar-refractivity contribution in [1.82, 2.24) is 5.32 Å². The number of anilines is 1. The molecule has 0 aromatic heterocycles. The Morgan fingerprint density at radius 1 is 1.55 bits per heavy atom. The number of nitro benzene ring substituents is 1. The summed E-state index contributed by atoms with van der Waals surface area (Å²) in [5.74, 6) is -0.747. The van der Waals surface area contributed by atoms with E-state index >= 15 is 0 Å². The molecule has 2 rings (SSSR count). The first-order chi connectivity index (χ1) is 9.47. The lowest BCUT2D eigenvalue weighted by Crippen LogP contribution is -2.45. The number of hydrogen-bond donors (Lipinski definition) is 2. The molecular weight excluding hydrogens is 265 g/mol. The lowest BCUT2D eigenvalue weighted by Gasteiger charge is -2.27. The highest BCUT2D eigenvalue weighted by Crippen LogP contribution is 2.22. The van der Waals surface area contributed by atoms with Gasteiger partial charge in [-0.1, -0.05) is 6.92 Å². The van der Waals surface area contributed by atoms with Crippen molar-refractivity contribution >= 4 is 17.3 Å². The summed E-state index contributed by atoms with van der Waals surface area (Å²) >= 11 is 0. The Labute approximate surface area is 115 Å². The second-order valence-electron chi connectivity index (χ2n) is 5.05. The van der Waals surface area contributed by atoms with E-state index in [-0.39, 0.29) is 17.6 Å². The van der Waals surface area contributed by atoms with Gasteiger partial charge in [-0.05, 0) is 31.4 Å². The number of nitrogens with one attached hydrogen (secondary N) is 2. The van der Waals surface area contributed by atoms with E-state index < -0.39 is 16.4 Å². The Bertz CT molecular complexity index is 536. The highest BCUT2D eigenvalue weighted by molar-refractivity contribution is 5.95. The van der Waals surface area contributed by atoms with Crippen molar-refractivity contribution in [2.45, 2.75) is 25.8 Å². The first-order valence-corrected chi connectivity index (χ1v) is 6.45. The fraction of sp³-hybridized carbons (Fsp3) is 0.462. The van der Waals surface area contributed by atoms with Crippen LogP contribution in [-0.2, 0) is 4.79 Å². The van der Waals surface area contributed by atoms with Gasteiger partial charge in [-0.15, -0.1) is 0 Å². The molecule has 2 atom stereocenters. The molecule has 20 heavy (non-hydrogen) atoms. The van der Waals surface area contributed by atoms with E-state index in [1.807, 2.05) is 0 Å². The summed E-state index contributed by atoms with van der Waals surface area (Å²) in [6, 6.07) is 3.02. The molecular formula is C13H16FN3O3. The summed E-state index contributed by atoms with van der Waals surface area (Å²) in [6.45, 7) is 2.85. The lowest BCUT2D eigenvalue weighted by molar-refractivity contribution is -0.387. The van der Waals surface area contributed by atoms with Crippen LogP contribution >= 0.6 is 0 Å². The van der Waals surface area contributed by atoms with E-state index in [0.717, 1.165) is 31.5 Å². The van der Waals surface area contributed by atoms with Crippen LogP contribution in [0.2, 0.25) is 0 Å². The zero-order valence-electron chi connectivity index (χ0n) is 11.1. The first-order valence-electron chi connectivity index (χ1n) is 6.45. The number of carbonyl (C=O) groups is 1. The second kappa shape index (κ2) is 5.96. The molecule has 1 heterocycles. The summed E-state index contributed by atoms with van der Waals surface area (Å²) in [5.41, 5.74) is -0.384. The Hall–Kier alpha value is -2.02. The number of benzene rings is 1. The number of nitrogens with zero attached hydrogens (tertiary/aromatic N) is 1. The molecule has 0 saturated carbocycles. The molecule has 1 aliphatic rings. The largest absolute Gasteiger partial charge is 0.325 e. The Morgan fingerprint density at radius 2 is 2.30 bits per heavy atom. The van der Waals surface area contributed by atoms with E-state index in [1.165, 1.54) is 6.07 Å². The van der Waals surface area contributed by atoms with Gasteiger partial charge in [0.25, 0.3) is 0 Å². The van der Waals surface area contributed by atoms with Gasteiger partial charge in [0.15, 0.2) is 0 Å². The summed E-state index contributed by atoms with van der Waals surface area (Å²) in [6.07, 6.45) is 1.75. The van der Waals surface area contributed by atoms with Crippen molar-refractivity contribution in [2.75, 3.05) is 11.9 Å². The van der Waals surface area contributed by atoms with Crippen molar-refractivity contribution in [3.05, 3.63) is 34.1 Å². The van der Waals surface area contributed by atoms with Crippen molar-refractivity contribution < 1.29 is 14.1 Å². The van der Waals surface area contributed by atoms with E-state index in [4.69, 9.17) is 0 Å². The Kier molecular flexibility index (Phi) is 4.29. The predicted molar refractivity (Wildman–Crippen MR) is 71.9 cm³/mol. The van der Waals surface area contributed by atoms with E-state index in [9.17, 15) is 19.3 Å². The van der Waals surface area contributed by atoms with Crippen LogP contribution < -0.4 is 10.6 Å². The molecule has 1 aromatic rings. The number of halogens is 1. The molecule has 0 aliphatic carbocycles. The van der Waals surface area contributed by atoms with Crippen molar-refractivity contribution in [3.8, 4) is 0 Å². The van der Waals surface area contributed by atoms with Crippen LogP contribution in [0.15, 0.2) is 18.2 Å².